The molecule has 1 rings (SSSR count). The van der Waals surface area contributed by atoms with Crippen LogP contribution in [0.3, 0.4) is 0 Å². The van der Waals surface area contributed by atoms with Gasteiger partial charge in [0.2, 0.25) is 0 Å². The zero-order valence-electron chi connectivity index (χ0n) is 9.44. The zero-order chi connectivity index (χ0) is 12.3. The molecule has 1 aromatic rings. The molecule has 0 atom stereocenters. The Kier molecular flexibility index (Phi) is 3.65. The van der Waals surface area contributed by atoms with Crippen molar-refractivity contribution in [2.45, 2.75) is 33.4 Å². The molecule has 1 aromatic heterocycles. The number of aryl methyl sites for hydroxylation is 1. The van der Waals surface area contributed by atoms with Crippen molar-refractivity contribution in [1.29, 1.82) is 0 Å². The van der Waals surface area contributed by atoms with Crippen LogP contribution in [0.5, 0.6) is 0 Å². The fourth-order valence-corrected chi connectivity index (χ4v) is 1.26. The van der Waals surface area contributed by atoms with Crippen LogP contribution in [0.2, 0.25) is 0 Å². The van der Waals surface area contributed by atoms with Crippen molar-refractivity contribution in [2.75, 3.05) is 0 Å². The van der Waals surface area contributed by atoms with Crippen LogP contribution in [0.25, 0.3) is 0 Å². The molecule has 0 fully saturated rings. The smallest absolute Gasteiger partial charge is 0.329 e. The van der Waals surface area contributed by atoms with Crippen LogP contribution in [-0.4, -0.2) is 21.6 Å². The van der Waals surface area contributed by atoms with E-state index in [0.717, 1.165) is 4.57 Å². The molecule has 0 spiro atoms. The molecule has 0 aliphatic rings. The molecular weight excluding hydrogens is 212 g/mol. The predicted molar refractivity (Wildman–Crippen MR) is 57.3 cm³/mol. The molecule has 0 saturated heterocycles. The van der Waals surface area contributed by atoms with E-state index in [1.807, 2.05) is 0 Å². The highest BCUT2D eigenvalue weighted by Gasteiger charge is 2.10. The lowest BCUT2D eigenvalue weighted by atomic mass is 10.4. The molecule has 0 aliphatic carbocycles. The van der Waals surface area contributed by atoms with Crippen molar-refractivity contribution in [3.8, 4) is 0 Å². The Labute approximate surface area is 91.9 Å². The first-order chi connectivity index (χ1) is 7.40. The molecule has 0 aliphatic heterocycles. The van der Waals surface area contributed by atoms with Crippen LogP contribution in [0.4, 0.5) is 0 Å². The molecular formula is C10H14N2O4. The quantitative estimate of drug-likeness (QED) is 0.723. The Morgan fingerprint density at radius 1 is 1.50 bits per heavy atom. The highest BCUT2D eigenvalue weighted by molar-refractivity contribution is 5.69. The molecule has 1 heterocycles. The molecule has 0 aromatic carbocycles. The summed E-state index contributed by atoms with van der Waals surface area (Å²) < 4.78 is 6.06. The minimum absolute atomic E-state index is 0.195. The maximum atomic E-state index is 11.4. The lowest BCUT2D eigenvalue weighted by molar-refractivity contribution is -0.148. The third-order valence-electron chi connectivity index (χ3n) is 1.90. The number of hydrogen-bond donors (Lipinski definition) is 1. The number of hydrogen-bond acceptors (Lipinski definition) is 4. The highest BCUT2D eigenvalue weighted by Crippen LogP contribution is 1.94. The molecule has 0 unspecified atom stereocenters. The summed E-state index contributed by atoms with van der Waals surface area (Å²) in [5, 5.41) is 0. The fourth-order valence-electron chi connectivity index (χ4n) is 1.26. The second kappa shape index (κ2) is 4.78. The topological polar surface area (TPSA) is 81.2 Å². The standard InChI is InChI=1S/C10H14N2O4/c1-6(2)16-9(14)5-12-7(3)4-8(13)11-10(12)15/h4,6H,5H2,1-3H3,(H,11,13,15). The normalized spacial score (nSPS) is 10.5. The number of H-pyrrole nitrogens is 1. The average molecular weight is 226 g/mol. The van der Waals surface area contributed by atoms with Gasteiger partial charge < -0.3 is 4.74 Å². The van der Waals surface area contributed by atoms with E-state index in [2.05, 4.69) is 4.98 Å². The van der Waals surface area contributed by atoms with Crippen molar-refractivity contribution in [2.24, 2.45) is 0 Å². The SMILES string of the molecule is Cc1cc(=O)[nH]c(=O)n1CC(=O)OC(C)C. The van der Waals surface area contributed by atoms with Gasteiger partial charge in [0.15, 0.2) is 0 Å². The number of rotatable bonds is 3. The van der Waals surface area contributed by atoms with Gasteiger partial charge in [-0.25, -0.2) is 4.79 Å². The second-order valence-electron chi connectivity index (χ2n) is 3.70. The Morgan fingerprint density at radius 2 is 2.12 bits per heavy atom. The van der Waals surface area contributed by atoms with E-state index in [-0.39, 0.29) is 12.6 Å². The summed E-state index contributed by atoms with van der Waals surface area (Å²) in [5.41, 5.74) is -0.656. The number of aromatic nitrogens is 2. The van der Waals surface area contributed by atoms with Crippen LogP contribution in [0.1, 0.15) is 19.5 Å². The van der Waals surface area contributed by atoms with Gasteiger partial charge in [0.1, 0.15) is 6.54 Å². The van der Waals surface area contributed by atoms with E-state index in [1.165, 1.54) is 6.07 Å². The number of ether oxygens (including phenoxy) is 1. The lowest BCUT2D eigenvalue weighted by Crippen LogP contribution is -2.34. The van der Waals surface area contributed by atoms with Crippen molar-refractivity contribution < 1.29 is 9.53 Å². The van der Waals surface area contributed by atoms with Crippen molar-refractivity contribution in [3.05, 3.63) is 32.6 Å². The molecule has 16 heavy (non-hydrogen) atoms. The molecule has 0 radical (unpaired) electrons. The molecule has 0 saturated carbocycles. The van der Waals surface area contributed by atoms with E-state index in [1.54, 1.807) is 20.8 Å². The van der Waals surface area contributed by atoms with Gasteiger partial charge in [-0.05, 0) is 20.8 Å². The van der Waals surface area contributed by atoms with Crippen LogP contribution in [0.15, 0.2) is 15.7 Å². The van der Waals surface area contributed by atoms with E-state index in [0.29, 0.717) is 5.69 Å². The third-order valence-corrected chi connectivity index (χ3v) is 1.90. The Balaban J connectivity index is 2.94. The van der Waals surface area contributed by atoms with Gasteiger partial charge in [0.25, 0.3) is 5.56 Å². The molecule has 6 nitrogen and oxygen atoms in total. The zero-order valence-corrected chi connectivity index (χ0v) is 9.44. The van der Waals surface area contributed by atoms with Gasteiger partial charge in [-0.3, -0.25) is 19.1 Å². The van der Waals surface area contributed by atoms with Gasteiger partial charge in [-0.15, -0.1) is 0 Å². The van der Waals surface area contributed by atoms with Crippen LogP contribution < -0.4 is 11.2 Å². The molecule has 0 amide bonds. The number of nitrogens with one attached hydrogen (secondary N) is 1. The summed E-state index contributed by atoms with van der Waals surface area (Å²) in [6.07, 6.45) is -0.230. The van der Waals surface area contributed by atoms with E-state index in [4.69, 9.17) is 4.74 Å². The predicted octanol–water partition coefficient (Wildman–Crippen LogP) is -0.203. The maximum Gasteiger partial charge on any atom is 0.329 e. The molecule has 6 heteroatoms. The first-order valence-corrected chi connectivity index (χ1v) is 4.90. The number of carbonyl (C=O) groups is 1. The van der Waals surface area contributed by atoms with Gasteiger partial charge >= 0.3 is 11.7 Å². The van der Waals surface area contributed by atoms with Gasteiger partial charge in [-0.2, -0.15) is 0 Å². The minimum atomic E-state index is -0.606. The number of esters is 1. The molecule has 88 valence electrons. The van der Waals surface area contributed by atoms with Crippen LogP contribution in [0, 0.1) is 6.92 Å². The van der Waals surface area contributed by atoms with Gasteiger partial charge in [0.05, 0.1) is 6.10 Å². The Hall–Kier alpha value is -1.85. The van der Waals surface area contributed by atoms with Crippen molar-refractivity contribution in [1.82, 2.24) is 9.55 Å². The summed E-state index contributed by atoms with van der Waals surface area (Å²) in [6.45, 7) is 4.83. The highest BCUT2D eigenvalue weighted by atomic mass is 16.5. The third kappa shape index (κ3) is 3.08. The summed E-state index contributed by atoms with van der Waals surface area (Å²) in [4.78, 5) is 35.7. The second-order valence-corrected chi connectivity index (χ2v) is 3.70. The van der Waals surface area contributed by atoms with E-state index >= 15 is 0 Å². The number of carbonyl (C=O) groups excluding carboxylic acids is 1. The fraction of sp³-hybridized carbons (Fsp3) is 0.500. The lowest BCUT2D eigenvalue weighted by Gasteiger charge is -2.10. The Morgan fingerprint density at radius 3 is 2.62 bits per heavy atom. The Bertz CT molecular complexity index is 498. The molecule has 0 bridgehead atoms. The number of nitrogens with zero attached hydrogens (tertiary/aromatic N) is 1. The summed E-state index contributed by atoms with van der Waals surface area (Å²) in [6, 6.07) is 1.25. The van der Waals surface area contributed by atoms with Crippen LogP contribution >= 0.6 is 0 Å². The largest absolute Gasteiger partial charge is 0.462 e. The monoisotopic (exact) mass is 226 g/mol. The first kappa shape index (κ1) is 12.2. The van der Waals surface area contributed by atoms with Crippen molar-refractivity contribution >= 4 is 5.97 Å². The van der Waals surface area contributed by atoms with Gasteiger partial charge in [-0.1, -0.05) is 0 Å². The summed E-state index contributed by atoms with van der Waals surface area (Å²) in [5.74, 6) is -0.507. The van der Waals surface area contributed by atoms with Crippen molar-refractivity contribution in [3.63, 3.8) is 0 Å². The van der Waals surface area contributed by atoms with E-state index < -0.39 is 17.2 Å². The minimum Gasteiger partial charge on any atom is -0.462 e. The van der Waals surface area contributed by atoms with Gasteiger partial charge in [0, 0.05) is 11.8 Å². The first-order valence-electron chi connectivity index (χ1n) is 4.90. The number of aromatic amines is 1. The average Bonchev–Trinajstić information content (AvgIpc) is 2.09. The maximum absolute atomic E-state index is 11.4. The summed E-state index contributed by atoms with van der Waals surface area (Å²) in [7, 11) is 0. The van der Waals surface area contributed by atoms with Crippen LogP contribution in [-0.2, 0) is 16.1 Å². The van der Waals surface area contributed by atoms with E-state index in [9.17, 15) is 14.4 Å². The molecule has 1 N–H and O–H groups in total. The summed E-state index contributed by atoms with van der Waals surface area (Å²) >= 11 is 0.